The number of ether oxygens (including phenoxy) is 1. The van der Waals surface area contributed by atoms with E-state index in [2.05, 4.69) is 78.8 Å². The van der Waals surface area contributed by atoms with Gasteiger partial charge in [0.15, 0.2) is 0 Å². The van der Waals surface area contributed by atoms with Crippen molar-refractivity contribution in [3.63, 3.8) is 0 Å². The van der Waals surface area contributed by atoms with Crippen molar-refractivity contribution in [2.24, 2.45) is 0 Å². The number of hydrogen-bond donors (Lipinski definition) is 0. The number of allylic oxidation sites excluding steroid dienone is 7. The first-order valence-electron chi connectivity index (χ1n) is 12.7. The van der Waals surface area contributed by atoms with Crippen molar-refractivity contribution in [1.82, 2.24) is 0 Å². The zero-order valence-corrected chi connectivity index (χ0v) is 22.8. The summed E-state index contributed by atoms with van der Waals surface area (Å²) in [6.07, 6.45) is 15.8. The molecule has 3 heteroatoms. The Morgan fingerprint density at radius 3 is 2.18 bits per heavy atom. The third-order valence-corrected chi connectivity index (χ3v) is 6.33. The van der Waals surface area contributed by atoms with E-state index in [1.807, 2.05) is 17.0 Å². The summed E-state index contributed by atoms with van der Waals surface area (Å²) in [6.45, 7) is 17.4. The number of benzene rings is 1. The summed E-state index contributed by atoms with van der Waals surface area (Å²) in [7, 11) is 0. The minimum Gasteiger partial charge on any atom is -0.494 e. The van der Waals surface area contributed by atoms with Gasteiger partial charge >= 0.3 is 0 Å². The van der Waals surface area contributed by atoms with Gasteiger partial charge in [0.25, 0.3) is 0 Å². The highest BCUT2D eigenvalue weighted by Crippen LogP contribution is 2.40. The number of rotatable bonds is 11. The highest BCUT2D eigenvalue weighted by Gasteiger charge is 2.34. The molecule has 3 nitrogen and oxygen atoms in total. The molecule has 1 aliphatic rings. The second-order valence-corrected chi connectivity index (χ2v) is 10.5. The molecule has 0 bridgehead atoms. The molecule has 0 unspecified atom stereocenters. The van der Waals surface area contributed by atoms with Gasteiger partial charge < -0.3 is 9.64 Å². The molecule has 1 heterocycles. The fraction of sp³-hybridized carbons (Fsp3) is 0.516. The molecule has 0 atom stereocenters. The van der Waals surface area contributed by atoms with E-state index in [0.29, 0.717) is 6.61 Å². The molecular formula is C31H45NO2. The second kappa shape index (κ2) is 12.8. The number of carbonyl (C=O) groups excluding carboxylic acids is 1. The lowest BCUT2D eigenvalue weighted by Crippen LogP contribution is -2.47. The van der Waals surface area contributed by atoms with Crippen LogP contribution in [0.25, 0.3) is 5.57 Å². The van der Waals surface area contributed by atoms with Crippen LogP contribution in [0.5, 0.6) is 5.75 Å². The van der Waals surface area contributed by atoms with Crippen molar-refractivity contribution in [2.75, 3.05) is 11.5 Å². The number of nitrogens with zero attached hydrogens (tertiary/aromatic N) is 1. The maximum Gasteiger partial charge on any atom is 0.224 e. The van der Waals surface area contributed by atoms with Gasteiger partial charge in [-0.1, -0.05) is 41.0 Å². The van der Waals surface area contributed by atoms with Crippen LogP contribution in [0.1, 0.15) is 99.5 Å². The maximum absolute atomic E-state index is 12.3. The number of unbranched alkanes of at least 4 members (excludes halogenated alkanes) is 1. The molecule has 0 aliphatic carbocycles. The van der Waals surface area contributed by atoms with Crippen LogP contribution in [0.4, 0.5) is 5.69 Å². The Balaban J connectivity index is 1.80. The zero-order chi connectivity index (χ0) is 25.3. The molecule has 0 aromatic heterocycles. The summed E-state index contributed by atoms with van der Waals surface area (Å²) in [6, 6.07) is 6.07. The van der Waals surface area contributed by atoms with Crippen LogP contribution in [-0.4, -0.2) is 18.1 Å². The van der Waals surface area contributed by atoms with E-state index in [1.165, 1.54) is 22.3 Å². The molecule has 0 saturated carbocycles. The SMILES string of the molecule is CC(=O)N1c2ccc(OCCCC=C(C)CCC=C(C)CCC=C(C)C)cc2C(C)=CC1(C)C. The molecule has 0 radical (unpaired) electrons. The van der Waals surface area contributed by atoms with Crippen molar-refractivity contribution in [2.45, 2.75) is 99.5 Å². The van der Waals surface area contributed by atoms with Crippen molar-refractivity contribution < 1.29 is 9.53 Å². The highest BCUT2D eigenvalue weighted by atomic mass is 16.5. The number of anilines is 1. The van der Waals surface area contributed by atoms with Gasteiger partial charge in [-0.05, 0) is 111 Å². The number of carbonyl (C=O) groups is 1. The molecule has 1 aromatic carbocycles. The van der Waals surface area contributed by atoms with Crippen LogP contribution in [-0.2, 0) is 4.79 Å². The molecule has 2 rings (SSSR count). The fourth-order valence-corrected chi connectivity index (χ4v) is 4.63. The topological polar surface area (TPSA) is 29.5 Å². The van der Waals surface area contributed by atoms with Gasteiger partial charge in [0.05, 0.1) is 17.8 Å². The van der Waals surface area contributed by atoms with E-state index in [4.69, 9.17) is 4.74 Å². The first-order chi connectivity index (χ1) is 16.0. The molecule has 1 amide bonds. The van der Waals surface area contributed by atoms with E-state index in [-0.39, 0.29) is 11.4 Å². The van der Waals surface area contributed by atoms with Crippen LogP contribution in [0.3, 0.4) is 0 Å². The lowest BCUT2D eigenvalue weighted by atomic mass is 9.88. The Hall–Kier alpha value is -2.55. The molecule has 34 heavy (non-hydrogen) atoms. The van der Waals surface area contributed by atoms with Gasteiger partial charge in [-0.15, -0.1) is 0 Å². The van der Waals surface area contributed by atoms with Crippen LogP contribution in [0.2, 0.25) is 0 Å². The molecule has 0 saturated heterocycles. The fourth-order valence-electron chi connectivity index (χ4n) is 4.63. The molecule has 186 valence electrons. The van der Waals surface area contributed by atoms with Gasteiger partial charge in [0.2, 0.25) is 5.91 Å². The molecule has 1 aromatic rings. The third-order valence-electron chi connectivity index (χ3n) is 6.33. The zero-order valence-electron chi connectivity index (χ0n) is 22.8. The minimum atomic E-state index is -0.324. The van der Waals surface area contributed by atoms with E-state index in [0.717, 1.165) is 55.5 Å². The van der Waals surface area contributed by atoms with E-state index in [9.17, 15) is 4.79 Å². The van der Waals surface area contributed by atoms with Crippen molar-refractivity contribution in [3.05, 3.63) is 64.8 Å². The Kier molecular flexibility index (Phi) is 10.4. The largest absolute Gasteiger partial charge is 0.494 e. The van der Waals surface area contributed by atoms with Crippen LogP contribution < -0.4 is 9.64 Å². The molecule has 0 spiro atoms. The number of fused-ring (bicyclic) bond motifs is 1. The minimum absolute atomic E-state index is 0.0557. The van der Waals surface area contributed by atoms with Gasteiger partial charge in [-0.2, -0.15) is 0 Å². The average Bonchev–Trinajstić information content (AvgIpc) is 2.72. The number of amides is 1. The molecule has 1 aliphatic heterocycles. The van der Waals surface area contributed by atoms with Crippen LogP contribution in [0, 0.1) is 0 Å². The predicted octanol–water partition coefficient (Wildman–Crippen LogP) is 8.81. The lowest BCUT2D eigenvalue weighted by molar-refractivity contribution is -0.117. The predicted molar refractivity (Wildman–Crippen MR) is 147 cm³/mol. The van der Waals surface area contributed by atoms with Crippen LogP contribution >= 0.6 is 0 Å². The second-order valence-electron chi connectivity index (χ2n) is 10.5. The highest BCUT2D eigenvalue weighted by molar-refractivity contribution is 5.99. The maximum atomic E-state index is 12.3. The van der Waals surface area contributed by atoms with Gasteiger partial charge in [-0.3, -0.25) is 4.79 Å². The number of hydrogen-bond acceptors (Lipinski definition) is 2. The quantitative estimate of drug-likeness (QED) is 0.242. The summed E-state index contributed by atoms with van der Waals surface area (Å²) < 4.78 is 6.04. The Morgan fingerprint density at radius 1 is 0.941 bits per heavy atom. The normalized spacial score (nSPS) is 15.5. The van der Waals surface area contributed by atoms with Crippen molar-refractivity contribution in [1.29, 1.82) is 0 Å². The van der Waals surface area contributed by atoms with E-state index >= 15 is 0 Å². The summed E-state index contributed by atoms with van der Waals surface area (Å²) in [5, 5.41) is 0. The molecule has 0 fully saturated rings. The summed E-state index contributed by atoms with van der Waals surface area (Å²) in [5.74, 6) is 0.921. The van der Waals surface area contributed by atoms with Gasteiger partial charge in [-0.25, -0.2) is 0 Å². The first-order valence-corrected chi connectivity index (χ1v) is 12.7. The molecular weight excluding hydrogens is 418 g/mol. The summed E-state index contributed by atoms with van der Waals surface area (Å²) >= 11 is 0. The monoisotopic (exact) mass is 463 g/mol. The Labute approximate surface area is 208 Å². The average molecular weight is 464 g/mol. The third kappa shape index (κ3) is 8.34. The first kappa shape index (κ1) is 27.7. The summed E-state index contributed by atoms with van der Waals surface area (Å²) in [5.41, 5.74) is 7.24. The van der Waals surface area contributed by atoms with Gasteiger partial charge in [0, 0.05) is 12.5 Å². The smallest absolute Gasteiger partial charge is 0.224 e. The standard InChI is InChI=1S/C31H45NO2/c1-23(2)13-11-15-25(4)17-12-16-24(3)14-9-10-20-34-28-18-19-30-29(21-28)26(5)22-31(7,8)32(30)27(6)33/h13-14,17-19,21-22H,9-12,15-16,20H2,1-8H3. The van der Waals surface area contributed by atoms with E-state index in [1.54, 1.807) is 6.92 Å². The van der Waals surface area contributed by atoms with Crippen molar-refractivity contribution in [3.8, 4) is 5.75 Å². The van der Waals surface area contributed by atoms with Crippen molar-refractivity contribution >= 4 is 17.2 Å². The lowest BCUT2D eigenvalue weighted by Gasteiger charge is -2.41. The van der Waals surface area contributed by atoms with Crippen LogP contribution in [0.15, 0.2) is 59.2 Å². The van der Waals surface area contributed by atoms with Gasteiger partial charge in [0.1, 0.15) is 5.75 Å². The molecule has 0 N–H and O–H groups in total. The van der Waals surface area contributed by atoms with E-state index < -0.39 is 0 Å². The Bertz CT molecular complexity index is 971. The summed E-state index contributed by atoms with van der Waals surface area (Å²) in [4.78, 5) is 14.2. The Morgan fingerprint density at radius 2 is 1.56 bits per heavy atom.